The summed E-state index contributed by atoms with van der Waals surface area (Å²) < 4.78 is 35.1. The summed E-state index contributed by atoms with van der Waals surface area (Å²) in [5.74, 6) is -1.66. The summed E-state index contributed by atoms with van der Waals surface area (Å²) in [5, 5.41) is 14.3. The lowest BCUT2D eigenvalue weighted by Crippen LogP contribution is -2.41. The van der Waals surface area contributed by atoms with E-state index < -0.39 is 17.7 Å². The highest BCUT2D eigenvalue weighted by molar-refractivity contribution is 5.77. The van der Waals surface area contributed by atoms with E-state index in [0.717, 1.165) is 17.0 Å². The lowest BCUT2D eigenvalue weighted by Gasteiger charge is -2.33. The van der Waals surface area contributed by atoms with Gasteiger partial charge < -0.3 is 19.9 Å². The number of rotatable bonds is 10. The van der Waals surface area contributed by atoms with Gasteiger partial charge in [-0.2, -0.15) is 4.80 Å². The number of nitrogens with zero attached hydrogens (tertiary/aromatic N) is 6. The van der Waals surface area contributed by atoms with E-state index >= 15 is 0 Å². The molecule has 12 heteroatoms. The van der Waals surface area contributed by atoms with Crippen LogP contribution in [0.4, 0.5) is 20.2 Å². The van der Waals surface area contributed by atoms with Gasteiger partial charge in [-0.1, -0.05) is 6.92 Å². The normalized spacial score (nSPS) is 15.4. The van der Waals surface area contributed by atoms with Crippen LogP contribution >= 0.6 is 0 Å². The zero-order valence-electron chi connectivity index (χ0n) is 18.1. The maximum Gasteiger partial charge on any atom is 0.219 e. The minimum atomic E-state index is -0.752. The minimum Gasteiger partial charge on any atom is -0.378 e. The molecule has 2 aromatic rings. The van der Waals surface area contributed by atoms with E-state index in [1.54, 1.807) is 11.8 Å². The number of halogens is 2. The number of carbonyl (C=O) groups is 2. The number of benzene rings is 1. The third-order valence-corrected chi connectivity index (χ3v) is 5.51. The maximum atomic E-state index is 14.9. The van der Waals surface area contributed by atoms with Crippen LogP contribution in [0.15, 0.2) is 18.5 Å². The van der Waals surface area contributed by atoms with E-state index in [0.29, 0.717) is 38.8 Å². The van der Waals surface area contributed by atoms with Crippen molar-refractivity contribution in [1.82, 2.24) is 25.5 Å². The predicted octanol–water partition coefficient (Wildman–Crippen LogP) is 1.30. The van der Waals surface area contributed by atoms with Gasteiger partial charge in [0.25, 0.3) is 0 Å². The van der Waals surface area contributed by atoms with Gasteiger partial charge in [-0.05, 0) is 30.2 Å². The Kier molecular flexibility index (Phi) is 8.03. The molecule has 0 spiro atoms. The first-order valence-electron chi connectivity index (χ1n) is 10.4. The summed E-state index contributed by atoms with van der Waals surface area (Å²) in [6.45, 7) is 2.78. The van der Waals surface area contributed by atoms with Crippen LogP contribution < -0.4 is 15.1 Å². The molecule has 0 radical (unpaired) electrons. The molecule has 1 atom stereocenters. The Morgan fingerprint density at radius 3 is 2.56 bits per heavy atom. The summed E-state index contributed by atoms with van der Waals surface area (Å²) in [4.78, 5) is 27.4. The first kappa shape index (κ1) is 23.5. The van der Waals surface area contributed by atoms with Crippen molar-refractivity contribution in [2.45, 2.75) is 38.3 Å². The van der Waals surface area contributed by atoms with Crippen LogP contribution in [0.25, 0.3) is 0 Å². The van der Waals surface area contributed by atoms with E-state index in [1.165, 1.54) is 18.2 Å². The number of hydrogen-bond acceptors (Lipinski definition) is 7. The monoisotopic (exact) mass is 451 g/mol. The average Bonchev–Trinajstić information content (AvgIpc) is 3.34. The number of hydrogen-bond donors (Lipinski definition) is 1. The van der Waals surface area contributed by atoms with Crippen molar-refractivity contribution in [2.75, 3.05) is 43.1 Å². The lowest BCUT2D eigenvalue weighted by molar-refractivity contribution is -0.121. The molecule has 1 aliphatic rings. The molecule has 1 aliphatic heterocycles. The molecule has 174 valence electrons. The van der Waals surface area contributed by atoms with Crippen LogP contribution in [-0.2, 0) is 14.3 Å². The largest absolute Gasteiger partial charge is 0.378 e. The van der Waals surface area contributed by atoms with Gasteiger partial charge in [0.05, 0.1) is 18.7 Å². The molecule has 32 heavy (non-hydrogen) atoms. The van der Waals surface area contributed by atoms with E-state index in [1.807, 2.05) is 0 Å². The standard InChI is InChI=1S/C20H27F2N7O3/c1-3-19(31)23-10-16(32-2)11-28(13-30)15-8-17(21)20(18(22)9-15)27-6-4-14(5-7-27)29-25-12-24-26-29/h8-9,12-14,16H,3-7,10-11H2,1-2H3,(H,23,31)/t16-/m0/s1. The van der Waals surface area contributed by atoms with Crippen molar-refractivity contribution in [3.05, 3.63) is 30.1 Å². The number of nitrogens with one attached hydrogen (secondary N) is 1. The van der Waals surface area contributed by atoms with Crippen molar-refractivity contribution < 1.29 is 23.1 Å². The van der Waals surface area contributed by atoms with Crippen LogP contribution in [0.2, 0.25) is 0 Å². The fourth-order valence-electron chi connectivity index (χ4n) is 3.69. The number of methoxy groups -OCH3 is 1. The Hall–Kier alpha value is -3.15. The summed E-state index contributed by atoms with van der Waals surface area (Å²) >= 11 is 0. The second-order valence-corrected chi connectivity index (χ2v) is 7.51. The molecule has 2 amide bonds. The fourth-order valence-corrected chi connectivity index (χ4v) is 3.69. The number of tetrazole rings is 1. The van der Waals surface area contributed by atoms with Crippen LogP contribution in [0.1, 0.15) is 32.2 Å². The topological polar surface area (TPSA) is 105 Å². The first-order chi connectivity index (χ1) is 15.5. The van der Waals surface area contributed by atoms with Gasteiger partial charge >= 0.3 is 0 Å². The van der Waals surface area contributed by atoms with E-state index in [4.69, 9.17) is 4.74 Å². The molecule has 3 rings (SSSR count). The van der Waals surface area contributed by atoms with Gasteiger partial charge in [-0.25, -0.2) is 8.78 Å². The zero-order valence-corrected chi connectivity index (χ0v) is 18.1. The summed E-state index contributed by atoms with van der Waals surface area (Å²) in [6.07, 6.45) is 2.87. The van der Waals surface area contributed by atoms with Crippen molar-refractivity contribution in [1.29, 1.82) is 0 Å². The average molecular weight is 451 g/mol. The molecule has 0 saturated carbocycles. The number of piperidine rings is 1. The molecule has 1 aromatic carbocycles. The Bertz CT molecular complexity index is 882. The van der Waals surface area contributed by atoms with Crippen molar-refractivity contribution in [2.24, 2.45) is 0 Å². The SMILES string of the molecule is CCC(=O)NC[C@@H](CN(C=O)c1cc(F)c(N2CCC(n3ncnn3)CC2)c(F)c1)OC. The Balaban J connectivity index is 1.68. The predicted molar refractivity (Wildman–Crippen MR) is 112 cm³/mol. The first-order valence-corrected chi connectivity index (χ1v) is 10.4. The number of carbonyl (C=O) groups excluding carboxylic acids is 2. The minimum absolute atomic E-state index is 0.0263. The number of ether oxygens (including phenoxy) is 1. The van der Waals surface area contributed by atoms with Crippen LogP contribution in [-0.4, -0.2) is 71.9 Å². The third kappa shape index (κ3) is 5.55. The highest BCUT2D eigenvalue weighted by Gasteiger charge is 2.27. The smallest absolute Gasteiger partial charge is 0.219 e. The van der Waals surface area contributed by atoms with Gasteiger partial charge in [-0.3, -0.25) is 9.59 Å². The third-order valence-electron chi connectivity index (χ3n) is 5.51. The molecule has 0 bridgehead atoms. The Labute approximate surface area is 184 Å². The number of anilines is 2. The fraction of sp³-hybridized carbons (Fsp3) is 0.550. The molecular formula is C20H27F2N7O3. The van der Waals surface area contributed by atoms with Gasteiger partial charge in [0.15, 0.2) is 18.0 Å². The molecule has 0 unspecified atom stereocenters. The molecular weight excluding hydrogens is 424 g/mol. The van der Waals surface area contributed by atoms with Crippen LogP contribution in [0.3, 0.4) is 0 Å². The van der Waals surface area contributed by atoms with E-state index in [9.17, 15) is 18.4 Å². The second kappa shape index (κ2) is 10.9. The summed E-state index contributed by atoms with van der Waals surface area (Å²) in [6, 6.07) is 2.30. The quantitative estimate of drug-likeness (QED) is 0.543. The summed E-state index contributed by atoms with van der Waals surface area (Å²) in [5.41, 5.74) is -0.0487. The molecule has 10 nitrogen and oxygen atoms in total. The van der Waals surface area contributed by atoms with E-state index in [-0.39, 0.29) is 36.4 Å². The lowest BCUT2D eigenvalue weighted by atomic mass is 10.0. The van der Waals surface area contributed by atoms with Crippen LogP contribution in [0.5, 0.6) is 0 Å². The molecule has 1 aromatic heterocycles. The van der Waals surface area contributed by atoms with Gasteiger partial charge in [0.1, 0.15) is 5.69 Å². The van der Waals surface area contributed by atoms with Gasteiger partial charge in [0, 0.05) is 38.9 Å². The molecule has 1 fully saturated rings. The van der Waals surface area contributed by atoms with Crippen molar-refractivity contribution in [3.63, 3.8) is 0 Å². The Morgan fingerprint density at radius 2 is 2.03 bits per heavy atom. The number of aromatic nitrogens is 4. The highest BCUT2D eigenvalue weighted by atomic mass is 19.1. The molecule has 1 saturated heterocycles. The molecule has 0 aliphatic carbocycles. The van der Waals surface area contributed by atoms with Crippen molar-refractivity contribution in [3.8, 4) is 0 Å². The van der Waals surface area contributed by atoms with Gasteiger partial charge in [0.2, 0.25) is 12.3 Å². The molecule has 1 N–H and O–H groups in total. The maximum absolute atomic E-state index is 14.9. The second-order valence-electron chi connectivity index (χ2n) is 7.51. The van der Waals surface area contributed by atoms with Crippen LogP contribution in [0, 0.1) is 11.6 Å². The Morgan fingerprint density at radius 1 is 1.34 bits per heavy atom. The van der Waals surface area contributed by atoms with Gasteiger partial charge in [-0.15, -0.1) is 10.2 Å². The zero-order chi connectivity index (χ0) is 23.1. The van der Waals surface area contributed by atoms with E-state index in [2.05, 4.69) is 20.7 Å². The number of amides is 2. The highest BCUT2D eigenvalue weighted by Crippen LogP contribution is 2.32. The molecule has 2 heterocycles. The summed E-state index contributed by atoms with van der Waals surface area (Å²) in [7, 11) is 1.44. The van der Waals surface area contributed by atoms with Crippen molar-refractivity contribution >= 4 is 23.7 Å².